The van der Waals surface area contributed by atoms with E-state index in [4.69, 9.17) is 4.74 Å². The molecule has 0 spiro atoms. The molecule has 0 amide bonds. The van der Waals surface area contributed by atoms with Crippen LogP contribution in [0.5, 0.6) is 5.75 Å². The molecule has 3 rings (SSSR count). The van der Waals surface area contributed by atoms with E-state index in [1.165, 1.54) is 61.9 Å². The van der Waals surface area contributed by atoms with Crippen molar-refractivity contribution in [2.45, 2.75) is 78.1 Å². The molecule has 0 heterocycles. The van der Waals surface area contributed by atoms with Crippen molar-refractivity contribution in [3.63, 3.8) is 0 Å². The number of benzene rings is 3. The topological polar surface area (TPSA) is 9.23 Å². The second-order valence-corrected chi connectivity index (χ2v) is 9.20. The highest BCUT2D eigenvalue weighted by molar-refractivity contribution is 5.72. The molecular formula is C31H37F3O. The van der Waals surface area contributed by atoms with Crippen molar-refractivity contribution < 1.29 is 17.9 Å². The highest BCUT2D eigenvalue weighted by atomic mass is 19.2. The molecule has 1 nitrogen and oxygen atoms in total. The Bertz CT molecular complexity index is 1060. The Morgan fingerprint density at radius 2 is 1.23 bits per heavy atom. The van der Waals surface area contributed by atoms with Crippen LogP contribution in [0.4, 0.5) is 13.2 Å². The molecule has 0 unspecified atom stereocenters. The largest absolute Gasteiger partial charge is 0.490 e. The summed E-state index contributed by atoms with van der Waals surface area (Å²) in [4.78, 5) is 0. The van der Waals surface area contributed by atoms with Gasteiger partial charge in [-0.15, -0.1) is 0 Å². The van der Waals surface area contributed by atoms with Crippen LogP contribution in [0.3, 0.4) is 0 Å². The predicted octanol–water partition coefficient (Wildman–Crippen LogP) is 9.91. The van der Waals surface area contributed by atoms with E-state index >= 15 is 0 Å². The van der Waals surface area contributed by atoms with Crippen LogP contribution >= 0.6 is 0 Å². The third-order valence-electron chi connectivity index (χ3n) is 6.42. The van der Waals surface area contributed by atoms with Gasteiger partial charge >= 0.3 is 0 Å². The zero-order valence-electron chi connectivity index (χ0n) is 21.0. The molecule has 35 heavy (non-hydrogen) atoms. The van der Waals surface area contributed by atoms with E-state index in [9.17, 15) is 13.2 Å². The molecule has 0 saturated heterocycles. The van der Waals surface area contributed by atoms with Gasteiger partial charge in [-0.1, -0.05) is 95.2 Å². The molecule has 188 valence electrons. The van der Waals surface area contributed by atoms with E-state index in [2.05, 4.69) is 26.0 Å². The summed E-state index contributed by atoms with van der Waals surface area (Å²) in [7, 11) is 0. The maximum atomic E-state index is 15.0. The molecular weight excluding hydrogens is 445 g/mol. The van der Waals surface area contributed by atoms with Crippen molar-refractivity contribution >= 4 is 0 Å². The summed E-state index contributed by atoms with van der Waals surface area (Å²) < 4.78 is 49.9. The van der Waals surface area contributed by atoms with Crippen LogP contribution in [0.15, 0.2) is 54.6 Å². The molecule has 0 radical (unpaired) electrons. The van der Waals surface area contributed by atoms with Crippen molar-refractivity contribution in [3.05, 3.63) is 77.6 Å². The monoisotopic (exact) mass is 482 g/mol. The third kappa shape index (κ3) is 7.62. The van der Waals surface area contributed by atoms with Gasteiger partial charge in [-0.25, -0.2) is 8.78 Å². The van der Waals surface area contributed by atoms with E-state index in [1.807, 2.05) is 12.1 Å². The first-order chi connectivity index (χ1) is 17.0. The van der Waals surface area contributed by atoms with Crippen LogP contribution in [0, 0.1) is 17.5 Å². The summed E-state index contributed by atoms with van der Waals surface area (Å²) in [6, 6.07) is 15.5. The molecule has 0 saturated carbocycles. The first-order valence-electron chi connectivity index (χ1n) is 13.0. The number of ether oxygens (including phenoxy) is 1. The molecule has 0 aromatic heterocycles. The van der Waals surface area contributed by atoms with Crippen LogP contribution < -0.4 is 4.74 Å². The average Bonchev–Trinajstić information content (AvgIpc) is 2.87. The Kier molecular flexibility index (Phi) is 10.7. The van der Waals surface area contributed by atoms with Gasteiger partial charge in [-0.2, -0.15) is 4.39 Å². The molecule has 4 heteroatoms. The number of hydrogen-bond donors (Lipinski definition) is 0. The van der Waals surface area contributed by atoms with Crippen LogP contribution in [-0.2, 0) is 6.42 Å². The zero-order valence-corrected chi connectivity index (χ0v) is 21.0. The summed E-state index contributed by atoms with van der Waals surface area (Å²) in [5.41, 5.74) is 2.77. The minimum Gasteiger partial charge on any atom is -0.490 e. The molecule has 0 bridgehead atoms. The highest BCUT2D eigenvalue weighted by Gasteiger charge is 2.18. The summed E-state index contributed by atoms with van der Waals surface area (Å²) >= 11 is 0. The normalized spacial score (nSPS) is 11.1. The fourth-order valence-corrected chi connectivity index (χ4v) is 4.27. The smallest absolute Gasteiger partial charge is 0.201 e. The Morgan fingerprint density at radius 1 is 0.600 bits per heavy atom. The van der Waals surface area contributed by atoms with E-state index in [0.717, 1.165) is 37.7 Å². The van der Waals surface area contributed by atoms with Crippen LogP contribution in [0.2, 0.25) is 0 Å². The van der Waals surface area contributed by atoms with Gasteiger partial charge in [-0.05, 0) is 54.2 Å². The lowest BCUT2D eigenvalue weighted by atomic mass is 9.97. The molecule has 0 atom stereocenters. The van der Waals surface area contributed by atoms with Crippen LogP contribution in [-0.4, -0.2) is 6.61 Å². The molecule has 3 aromatic rings. The maximum Gasteiger partial charge on any atom is 0.201 e. The van der Waals surface area contributed by atoms with Crippen molar-refractivity contribution in [1.29, 1.82) is 0 Å². The first-order valence-corrected chi connectivity index (χ1v) is 13.0. The lowest BCUT2D eigenvalue weighted by molar-refractivity contribution is 0.285. The third-order valence-corrected chi connectivity index (χ3v) is 6.42. The molecule has 0 aliphatic heterocycles. The van der Waals surface area contributed by atoms with Crippen molar-refractivity contribution in [1.82, 2.24) is 0 Å². The fraction of sp³-hybridized carbons (Fsp3) is 0.419. The molecule has 0 aliphatic rings. The molecule has 0 N–H and O–H groups in total. The summed E-state index contributed by atoms with van der Waals surface area (Å²) in [5, 5.41) is 0. The average molecular weight is 483 g/mol. The predicted molar refractivity (Wildman–Crippen MR) is 139 cm³/mol. The Hall–Kier alpha value is -2.75. The van der Waals surface area contributed by atoms with Gasteiger partial charge in [0.1, 0.15) is 5.82 Å². The number of halogens is 3. The second-order valence-electron chi connectivity index (χ2n) is 9.20. The first kappa shape index (κ1) is 26.8. The van der Waals surface area contributed by atoms with E-state index in [0.29, 0.717) is 12.2 Å². The van der Waals surface area contributed by atoms with E-state index < -0.39 is 17.5 Å². The Labute approximate surface area is 208 Å². The molecule has 0 fully saturated rings. The van der Waals surface area contributed by atoms with Crippen LogP contribution in [0.1, 0.15) is 77.2 Å². The minimum absolute atomic E-state index is 0.0313. The standard InChI is InChI=1S/C31H37F3O/c1-3-5-7-8-9-11-21-35-29-20-19-27(30(33)31(29)34)26-18-17-25(22-28(26)32)24-15-13-23(14-16-24)12-10-6-4-2/h13-20,22H,3-12,21H2,1-2H3. The second kappa shape index (κ2) is 14.0. The van der Waals surface area contributed by atoms with Gasteiger partial charge in [-0.3, -0.25) is 0 Å². The van der Waals surface area contributed by atoms with E-state index in [-0.39, 0.29) is 16.9 Å². The number of unbranched alkanes of at least 4 members (excludes halogenated alkanes) is 7. The quantitative estimate of drug-likeness (QED) is 0.208. The van der Waals surface area contributed by atoms with Gasteiger partial charge in [0.15, 0.2) is 11.6 Å². The van der Waals surface area contributed by atoms with Crippen molar-refractivity contribution in [2.24, 2.45) is 0 Å². The van der Waals surface area contributed by atoms with Gasteiger partial charge in [0.25, 0.3) is 0 Å². The Morgan fingerprint density at radius 3 is 1.94 bits per heavy atom. The van der Waals surface area contributed by atoms with Crippen LogP contribution in [0.25, 0.3) is 22.3 Å². The van der Waals surface area contributed by atoms with E-state index in [1.54, 1.807) is 6.07 Å². The van der Waals surface area contributed by atoms with Crippen molar-refractivity contribution in [2.75, 3.05) is 6.61 Å². The summed E-state index contributed by atoms with van der Waals surface area (Å²) in [6.07, 6.45) is 11.1. The number of rotatable bonds is 14. The van der Waals surface area contributed by atoms with Gasteiger partial charge in [0.2, 0.25) is 5.82 Å². The SMILES string of the molecule is CCCCCCCCOc1ccc(-c2ccc(-c3ccc(CCCCC)cc3)cc2F)c(F)c1F. The Balaban J connectivity index is 1.66. The van der Waals surface area contributed by atoms with Gasteiger partial charge in [0, 0.05) is 11.1 Å². The molecule has 3 aromatic carbocycles. The molecule has 0 aliphatic carbocycles. The number of aryl methyl sites for hydroxylation is 1. The minimum atomic E-state index is -1.09. The maximum absolute atomic E-state index is 15.0. The van der Waals surface area contributed by atoms with Crippen molar-refractivity contribution in [3.8, 4) is 28.0 Å². The van der Waals surface area contributed by atoms with Gasteiger partial charge in [0.05, 0.1) is 6.61 Å². The lowest BCUT2D eigenvalue weighted by Gasteiger charge is -2.12. The summed E-state index contributed by atoms with van der Waals surface area (Å²) in [6.45, 7) is 4.68. The zero-order chi connectivity index (χ0) is 25.0. The lowest BCUT2D eigenvalue weighted by Crippen LogP contribution is -2.02. The number of hydrogen-bond acceptors (Lipinski definition) is 1. The summed E-state index contributed by atoms with van der Waals surface area (Å²) in [5.74, 6) is -2.88. The fourth-order valence-electron chi connectivity index (χ4n) is 4.27. The van der Waals surface area contributed by atoms with Gasteiger partial charge < -0.3 is 4.74 Å². The highest BCUT2D eigenvalue weighted by Crippen LogP contribution is 2.33.